The van der Waals surface area contributed by atoms with Crippen molar-refractivity contribution in [3.05, 3.63) is 65.2 Å². The molecule has 2 unspecified atom stereocenters. The van der Waals surface area contributed by atoms with Crippen LogP contribution in [0.2, 0.25) is 0 Å². The van der Waals surface area contributed by atoms with Crippen LogP contribution in [0.5, 0.6) is 0 Å². The first-order valence-electron chi connectivity index (χ1n) is 9.11. The van der Waals surface area contributed by atoms with E-state index in [1.165, 1.54) is 11.1 Å². The Labute approximate surface area is 158 Å². The molecule has 0 spiro atoms. The molecule has 2 aromatic rings. The van der Waals surface area contributed by atoms with Crippen LogP contribution < -0.4 is 5.32 Å². The summed E-state index contributed by atoms with van der Waals surface area (Å²) >= 11 is 0. The number of hydrogen-bond acceptors (Lipinski definition) is 3. The van der Waals surface area contributed by atoms with E-state index in [1.807, 2.05) is 0 Å². The van der Waals surface area contributed by atoms with Gasteiger partial charge in [0.2, 0.25) is 0 Å². The molecule has 0 bridgehead atoms. The number of hydrogen-bond donors (Lipinski definition) is 1. The number of benzene rings is 2. The maximum Gasteiger partial charge on any atom is 0.251 e. The quantitative estimate of drug-likeness (QED) is 0.850. The first-order chi connectivity index (χ1) is 12.6. The van der Waals surface area contributed by atoms with Crippen LogP contribution in [0.1, 0.15) is 34.8 Å². The van der Waals surface area contributed by atoms with E-state index in [9.17, 15) is 9.00 Å². The molecule has 3 rings (SSSR count). The smallest absolute Gasteiger partial charge is 0.251 e. The number of nitrogens with one attached hydrogen (secondary N) is 1. The zero-order chi connectivity index (χ0) is 18.5. The van der Waals surface area contributed by atoms with Gasteiger partial charge in [-0.3, -0.25) is 13.9 Å². The van der Waals surface area contributed by atoms with Crippen LogP contribution in [0.15, 0.2) is 53.4 Å². The Kier molecular flexibility index (Phi) is 6.22. The first kappa shape index (κ1) is 18.8. The van der Waals surface area contributed by atoms with E-state index in [1.54, 1.807) is 30.5 Å². The van der Waals surface area contributed by atoms with E-state index in [0.717, 1.165) is 30.8 Å². The van der Waals surface area contributed by atoms with Crippen molar-refractivity contribution in [2.24, 2.45) is 0 Å². The third kappa shape index (κ3) is 4.40. The lowest BCUT2D eigenvalue weighted by molar-refractivity contribution is 0.0926. The Morgan fingerprint density at radius 2 is 1.85 bits per heavy atom. The first-order valence-corrected chi connectivity index (χ1v) is 10.7. The summed E-state index contributed by atoms with van der Waals surface area (Å²) in [6.07, 6.45) is 3.70. The summed E-state index contributed by atoms with van der Waals surface area (Å²) in [5.74, 6) is -0.0747. The summed E-state index contributed by atoms with van der Waals surface area (Å²) in [6, 6.07) is 15.9. The summed E-state index contributed by atoms with van der Waals surface area (Å²) in [5, 5.41) is 3.06. The van der Waals surface area contributed by atoms with Gasteiger partial charge in [-0.15, -0.1) is 0 Å². The third-order valence-corrected chi connectivity index (χ3v) is 6.03. The average Bonchev–Trinajstić information content (AvgIpc) is 2.68. The van der Waals surface area contributed by atoms with Crippen LogP contribution >= 0.6 is 0 Å². The Morgan fingerprint density at radius 3 is 2.50 bits per heavy atom. The highest BCUT2D eigenvalue weighted by molar-refractivity contribution is 7.84. The van der Waals surface area contributed by atoms with Crippen molar-refractivity contribution < 1.29 is 9.00 Å². The number of rotatable bonds is 6. The number of nitrogens with zero attached hydrogens (tertiary/aromatic N) is 1. The molecular weight excluding hydrogens is 344 g/mol. The Bertz CT molecular complexity index is 789. The van der Waals surface area contributed by atoms with Gasteiger partial charge in [0.15, 0.2) is 0 Å². The molecule has 1 heterocycles. The molecular formula is C21H26N2O2S. The molecule has 26 heavy (non-hydrogen) atoms. The van der Waals surface area contributed by atoms with E-state index >= 15 is 0 Å². The normalized spacial score (nSPS) is 16.5. The molecule has 5 heteroatoms. The van der Waals surface area contributed by atoms with Crippen LogP contribution in [-0.2, 0) is 23.8 Å². The predicted octanol–water partition coefficient (Wildman–Crippen LogP) is 2.99. The molecule has 4 nitrogen and oxygen atoms in total. The lowest BCUT2D eigenvalue weighted by Crippen LogP contribution is -2.45. The van der Waals surface area contributed by atoms with Crippen LogP contribution in [0.3, 0.4) is 0 Å². The van der Waals surface area contributed by atoms with Gasteiger partial charge in [0.1, 0.15) is 0 Å². The molecule has 0 saturated heterocycles. The van der Waals surface area contributed by atoms with Crippen LogP contribution in [0, 0.1) is 0 Å². The van der Waals surface area contributed by atoms with Crippen molar-refractivity contribution in [1.82, 2.24) is 10.2 Å². The number of fused-ring (bicyclic) bond motifs is 1. The fourth-order valence-electron chi connectivity index (χ4n) is 3.47. The minimum atomic E-state index is -1.02. The molecule has 2 aromatic carbocycles. The maximum absolute atomic E-state index is 12.4. The van der Waals surface area contributed by atoms with Gasteiger partial charge in [0.25, 0.3) is 5.91 Å². The highest BCUT2D eigenvalue weighted by atomic mass is 32.2. The summed E-state index contributed by atoms with van der Waals surface area (Å²) in [5.41, 5.74) is 3.45. The minimum Gasteiger partial charge on any atom is -0.350 e. The number of carbonyl (C=O) groups excluding carboxylic acids is 1. The Hall–Kier alpha value is -1.98. The predicted molar refractivity (Wildman–Crippen MR) is 106 cm³/mol. The molecule has 1 aliphatic rings. The highest BCUT2D eigenvalue weighted by Crippen LogP contribution is 2.21. The van der Waals surface area contributed by atoms with Crippen molar-refractivity contribution in [3.8, 4) is 0 Å². The summed E-state index contributed by atoms with van der Waals surface area (Å²) in [4.78, 5) is 15.6. The monoisotopic (exact) mass is 370 g/mol. The van der Waals surface area contributed by atoms with E-state index in [4.69, 9.17) is 0 Å². The van der Waals surface area contributed by atoms with Crippen LogP contribution in [0.4, 0.5) is 0 Å². The Morgan fingerprint density at radius 1 is 1.15 bits per heavy atom. The second-order valence-electron chi connectivity index (χ2n) is 6.74. The number of amides is 1. The fourth-order valence-corrected chi connectivity index (χ4v) is 3.99. The number of carbonyl (C=O) groups is 1. The minimum absolute atomic E-state index is 0.0747. The Balaban J connectivity index is 1.59. The van der Waals surface area contributed by atoms with E-state index in [0.29, 0.717) is 18.2 Å². The molecule has 0 saturated carbocycles. The molecule has 1 aliphatic heterocycles. The van der Waals surface area contributed by atoms with Gasteiger partial charge in [-0.25, -0.2) is 0 Å². The van der Waals surface area contributed by atoms with E-state index in [2.05, 4.69) is 41.4 Å². The lowest BCUT2D eigenvalue weighted by atomic mass is 9.98. The second kappa shape index (κ2) is 8.60. The van der Waals surface area contributed by atoms with Crippen molar-refractivity contribution in [3.63, 3.8) is 0 Å². The van der Waals surface area contributed by atoms with Gasteiger partial charge in [-0.05, 0) is 48.2 Å². The fraction of sp³-hybridized carbons (Fsp3) is 0.381. The van der Waals surface area contributed by atoms with Crippen LogP contribution in [-0.4, -0.2) is 40.4 Å². The molecule has 0 aromatic heterocycles. The highest BCUT2D eigenvalue weighted by Gasteiger charge is 2.22. The zero-order valence-corrected chi connectivity index (χ0v) is 16.2. The summed E-state index contributed by atoms with van der Waals surface area (Å²) < 4.78 is 11.4. The van der Waals surface area contributed by atoms with Gasteiger partial charge >= 0.3 is 0 Å². The van der Waals surface area contributed by atoms with Gasteiger partial charge < -0.3 is 5.32 Å². The van der Waals surface area contributed by atoms with E-state index < -0.39 is 10.8 Å². The van der Waals surface area contributed by atoms with Gasteiger partial charge in [-0.2, -0.15) is 0 Å². The lowest BCUT2D eigenvalue weighted by Gasteiger charge is -2.35. The molecule has 138 valence electrons. The van der Waals surface area contributed by atoms with Crippen molar-refractivity contribution >= 4 is 16.7 Å². The topological polar surface area (TPSA) is 49.4 Å². The SMILES string of the molecule is CCC(CNC(=O)c1ccc(S(C)=O)cc1)N1CCc2ccccc2C1. The van der Waals surface area contributed by atoms with Crippen molar-refractivity contribution in [2.75, 3.05) is 19.3 Å². The molecule has 0 aliphatic carbocycles. The molecule has 0 radical (unpaired) electrons. The summed E-state index contributed by atoms with van der Waals surface area (Å²) in [7, 11) is -1.02. The molecule has 0 fully saturated rings. The average molecular weight is 371 g/mol. The van der Waals surface area contributed by atoms with Gasteiger partial charge in [0, 0.05) is 53.2 Å². The summed E-state index contributed by atoms with van der Waals surface area (Å²) in [6.45, 7) is 4.78. The maximum atomic E-state index is 12.4. The van der Waals surface area contributed by atoms with Gasteiger partial charge in [0.05, 0.1) is 0 Å². The zero-order valence-electron chi connectivity index (χ0n) is 15.4. The van der Waals surface area contributed by atoms with Crippen LogP contribution in [0.25, 0.3) is 0 Å². The van der Waals surface area contributed by atoms with Gasteiger partial charge in [-0.1, -0.05) is 31.2 Å². The van der Waals surface area contributed by atoms with E-state index in [-0.39, 0.29) is 5.91 Å². The second-order valence-corrected chi connectivity index (χ2v) is 8.12. The standard InChI is InChI=1S/C21H26N2O2S/c1-3-19(23-13-12-16-6-4-5-7-18(16)15-23)14-22-21(24)17-8-10-20(11-9-17)26(2)25/h4-11,19H,3,12-15H2,1-2H3,(H,22,24). The largest absolute Gasteiger partial charge is 0.350 e. The van der Waals surface area contributed by atoms with Crippen molar-refractivity contribution in [2.45, 2.75) is 37.2 Å². The molecule has 2 atom stereocenters. The molecule has 1 amide bonds. The van der Waals surface area contributed by atoms with Crippen molar-refractivity contribution in [1.29, 1.82) is 0 Å². The molecule has 1 N–H and O–H groups in total. The third-order valence-electron chi connectivity index (χ3n) is 5.09.